The van der Waals surface area contributed by atoms with Gasteiger partial charge in [-0.3, -0.25) is 4.79 Å². The third kappa shape index (κ3) is 2.05. The van der Waals surface area contributed by atoms with Crippen LogP contribution in [0, 0.1) is 17.3 Å². The van der Waals surface area contributed by atoms with Gasteiger partial charge in [0.05, 0.1) is 16.7 Å². The molecule has 0 radical (unpaired) electrons. The predicted octanol–water partition coefficient (Wildman–Crippen LogP) is 2.03. The van der Waals surface area contributed by atoms with Crippen molar-refractivity contribution in [3.05, 3.63) is 35.4 Å². The molecular weight excluding hydrogens is 312 g/mol. The van der Waals surface area contributed by atoms with Gasteiger partial charge in [-0.2, -0.15) is 0 Å². The van der Waals surface area contributed by atoms with Gasteiger partial charge < -0.3 is 15.0 Å². The molecule has 5 heteroatoms. The van der Waals surface area contributed by atoms with Gasteiger partial charge in [-0.1, -0.05) is 13.0 Å². The number of aromatic nitrogens is 2. The molecule has 5 nitrogen and oxygen atoms in total. The molecule has 132 valence electrons. The number of carbonyl (C=O) groups excluding carboxylic acids is 1. The van der Waals surface area contributed by atoms with Crippen LogP contribution in [0.5, 0.6) is 0 Å². The molecule has 25 heavy (non-hydrogen) atoms. The predicted molar refractivity (Wildman–Crippen MR) is 96.3 cm³/mol. The Morgan fingerprint density at radius 1 is 1.44 bits per heavy atom. The van der Waals surface area contributed by atoms with Gasteiger partial charge in [0.15, 0.2) is 0 Å². The average molecular weight is 338 g/mol. The maximum atomic E-state index is 12.9. The molecule has 3 heterocycles. The highest BCUT2D eigenvalue weighted by Crippen LogP contribution is 2.60. The van der Waals surface area contributed by atoms with Crippen molar-refractivity contribution in [3.8, 4) is 0 Å². The van der Waals surface area contributed by atoms with Crippen LogP contribution >= 0.6 is 0 Å². The Kier molecular flexibility index (Phi) is 2.98. The lowest BCUT2D eigenvalue weighted by atomic mass is 9.99. The highest BCUT2D eigenvalue weighted by Gasteiger charge is 2.67. The molecule has 3 unspecified atom stereocenters. The van der Waals surface area contributed by atoms with Gasteiger partial charge in [-0.15, -0.1) is 0 Å². The Hall–Kier alpha value is -1.88. The van der Waals surface area contributed by atoms with Crippen LogP contribution in [0.3, 0.4) is 0 Å². The zero-order valence-electron chi connectivity index (χ0n) is 15.2. The van der Waals surface area contributed by atoms with Crippen molar-refractivity contribution in [2.75, 3.05) is 13.1 Å². The minimum absolute atomic E-state index is 0.143. The summed E-state index contributed by atoms with van der Waals surface area (Å²) in [6, 6.07) is 4.30. The van der Waals surface area contributed by atoms with Gasteiger partial charge in [-0.25, -0.2) is 4.98 Å². The van der Waals surface area contributed by atoms with E-state index in [9.17, 15) is 4.79 Å². The molecule has 0 bridgehead atoms. The number of nitrogens with zero attached hydrogens (tertiary/aromatic N) is 2. The van der Waals surface area contributed by atoms with E-state index in [4.69, 9.17) is 4.98 Å². The summed E-state index contributed by atoms with van der Waals surface area (Å²) in [5.74, 6) is 1.77. The molecule has 2 N–H and O–H groups in total. The lowest BCUT2D eigenvalue weighted by molar-refractivity contribution is -0.125. The number of fused-ring (bicyclic) bond motifs is 1. The molecule has 0 aromatic carbocycles. The molecular formula is C20H26N4O. The van der Waals surface area contributed by atoms with Crippen LogP contribution in [0.2, 0.25) is 0 Å². The first-order chi connectivity index (χ1) is 11.9. The van der Waals surface area contributed by atoms with E-state index < -0.39 is 5.54 Å². The summed E-state index contributed by atoms with van der Waals surface area (Å²) in [4.78, 5) is 17.9. The smallest absolute Gasteiger partial charge is 0.224 e. The molecule has 2 aliphatic carbocycles. The molecule has 1 aliphatic heterocycles. The largest absolute Gasteiger partial charge is 0.344 e. The quantitative estimate of drug-likeness (QED) is 0.900. The van der Waals surface area contributed by atoms with Gasteiger partial charge in [-0.05, 0) is 62.6 Å². The molecule has 3 atom stereocenters. The van der Waals surface area contributed by atoms with Crippen molar-refractivity contribution in [1.82, 2.24) is 20.0 Å². The second-order valence-electron chi connectivity index (χ2n) is 8.82. The number of imidazole rings is 1. The standard InChI is InChI=1S/C20H26N4O/c1-19(2,23-17(25)15-13-10-21-11-20(13,15)3)18-22-14-8-4-6-12-7-5-9-24(18)16(12)14/h5,7,9,13,15,21H,4,6,8,10-11H2,1-3H3,(H,23,25). The Morgan fingerprint density at radius 2 is 2.28 bits per heavy atom. The number of nitrogens with one attached hydrogen (secondary N) is 2. The molecule has 2 aromatic rings. The third-order valence-corrected chi connectivity index (χ3v) is 6.68. The fourth-order valence-corrected chi connectivity index (χ4v) is 5.23. The molecule has 0 spiro atoms. The first-order valence-electron chi connectivity index (χ1n) is 9.44. The molecule has 3 aliphatic rings. The van der Waals surface area contributed by atoms with E-state index in [1.807, 2.05) is 0 Å². The van der Waals surface area contributed by atoms with E-state index >= 15 is 0 Å². The van der Waals surface area contributed by atoms with Crippen molar-refractivity contribution in [2.45, 2.75) is 45.6 Å². The number of piperidine rings is 1. The number of amides is 1. The van der Waals surface area contributed by atoms with Crippen LogP contribution in [0.25, 0.3) is 5.52 Å². The van der Waals surface area contributed by atoms with Crippen LogP contribution < -0.4 is 10.6 Å². The van der Waals surface area contributed by atoms with E-state index in [0.29, 0.717) is 5.92 Å². The minimum Gasteiger partial charge on any atom is -0.344 e. The summed E-state index contributed by atoms with van der Waals surface area (Å²) in [5, 5.41) is 6.70. The Bertz CT molecular complexity index is 883. The normalized spacial score (nSPS) is 30.4. The Balaban J connectivity index is 1.48. The average Bonchev–Trinajstić information content (AvgIpc) is 2.87. The molecule has 1 saturated carbocycles. The van der Waals surface area contributed by atoms with E-state index in [2.05, 4.69) is 54.1 Å². The van der Waals surface area contributed by atoms with Crippen LogP contribution in [0.1, 0.15) is 44.3 Å². The van der Waals surface area contributed by atoms with Gasteiger partial charge in [0.2, 0.25) is 5.91 Å². The highest BCUT2D eigenvalue weighted by atomic mass is 16.2. The zero-order valence-corrected chi connectivity index (χ0v) is 15.2. The summed E-state index contributed by atoms with van der Waals surface area (Å²) >= 11 is 0. The first-order valence-corrected chi connectivity index (χ1v) is 9.44. The molecule has 1 amide bonds. The number of rotatable bonds is 3. The maximum Gasteiger partial charge on any atom is 0.224 e. The van der Waals surface area contributed by atoms with Crippen molar-refractivity contribution in [3.63, 3.8) is 0 Å². The molecule has 2 aromatic heterocycles. The van der Waals surface area contributed by atoms with Crippen molar-refractivity contribution in [1.29, 1.82) is 0 Å². The van der Waals surface area contributed by atoms with Crippen LogP contribution in [0.15, 0.2) is 18.3 Å². The van der Waals surface area contributed by atoms with Gasteiger partial charge >= 0.3 is 0 Å². The van der Waals surface area contributed by atoms with Gasteiger partial charge in [0, 0.05) is 18.7 Å². The van der Waals surface area contributed by atoms with E-state index in [1.54, 1.807) is 0 Å². The zero-order chi connectivity index (χ0) is 17.4. The Morgan fingerprint density at radius 3 is 3.04 bits per heavy atom. The summed E-state index contributed by atoms with van der Waals surface area (Å²) < 4.78 is 2.20. The second kappa shape index (κ2) is 4.85. The van der Waals surface area contributed by atoms with Crippen molar-refractivity contribution >= 4 is 11.4 Å². The first kappa shape index (κ1) is 15.4. The van der Waals surface area contributed by atoms with Crippen molar-refractivity contribution in [2.24, 2.45) is 17.3 Å². The van der Waals surface area contributed by atoms with E-state index in [1.165, 1.54) is 16.8 Å². The van der Waals surface area contributed by atoms with Crippen molar-refractivity contribution < 1.29 is 4.79 Å². The maximum absolute atomic E-state index is 12.9. The molecule has 2 fully saturated rings. The number of pyridine rings is 1. The summed E-state index contributed by atoms with van der Waals surface area (Å²) in [5.41, 5.74) is 3.47. The molecule has 5 rings (SSSR count). The summed E-state index contributed by atoms with van der Waals surface area (Å²) in [6.45, 7) is 8.30. The number of carbonyl (C=O) groups is 1. The lowest BCUT2D eigenvalue weighted by Gasteiger charge is -2.26. The fourth-order valence-electron chi connectivity index (χ4n) is 5.23. The highest BCUT2D eigenvalue weighted by molar-refractivity contribution is 5.84. The molecule has 1 saturated heterocycles. The number of hydrogen-bond donors (Lipinski definition) is 2. The third-order valence-electron chi connectivity index (χ3n) is 6.68. The minimum atomic E-state index is -0.484. The monoisotopic (exact) mass is 338 g/mol. The van der Waals surface area contributed by atoms with Crippen LogP contribution in [-0.4, -0.2) is 28.4 Å². The second-order valence-corrected chi connectivity index (χ2v) is 8.82. The van der Waals surface area contributed by atoms with Gasteiger partial charge in [0.1, 0.15) is 5.82 Å². The van der Waals surface area contributed by atoms with Gasteiger partial charge in [0.25, 0.3) is 0 Å². The van der Waals surface area contributed by atoms with Crippen LogP contribution in [-0.2, 0) is 23.2 Å². The van der Waals surface area contributed by atoms with Crippen LogP contribution in [0.4, 0.5) is 0 Å². The van der Waals surface area contributed by atoms with E-state index in [-0.39, 0.29) is 17.2 Å². The number of aryl methyl sites for hydroxylation is 2. The topological polar surface area (TPSA) is 58.4 Å². The lowest BCUT2D eigenvalue weighted by Crippen LogP contribution is -2.44. The fraction of sp³-hybridized carbons (Fsp3) is 0.600. The SMILES string of the molecule is CC(C)(NC(=O)C1C2CNCC21C)c1nc2c3c(cccn13)CCC2. The van der Waals surface area contributed by atoms with E-state index in [0.717, 1.165) is 38.2 Å². The number of hydrogen-bond acceptors (Lipinski definition) is 3. The summed E-state index contributed by atoms with van der Waals surface area (Å²) in [7, 11) is 0. The Labute approximate surface area is 148 Å². The summed E-state index contributed by atoms with van der Waals surface area (Å²) in [6.07, 6.45) is 5.38.